The lowest BCUT2D eigenvalue weighted by atomic mass is 9.51. The van der Waals surface area contributed by atoms with Crippen LogP contribution in [0.25, 0.3) is 0 Å². The Morgan fingerprint density at radius 1 is 1.05 bits per heavy atom. The van der Waals surface area contributed by atoms with Crippen LogP contribution in [0.2, 0.25) is 0 Å². The van der Waals surface area contributed by atoms with Crippen molar-refractivity contribution in [2.75, 3.05) is 0 Å². The van der Waals surface area contributed by atoms with E-state index in [0.717, 1.165) is 44.9 Å². The number of hydrogen-bond donors (Lipinski definition) is 1. The highest BCUT2D eigenvalue weighted by atomic mass is 16.3. The van der Waals surface area contributed by atoms with Gasteiger partial charge in [-0.25, -0.2) is 0 Å². The number of ketones is 1. The molecule has 0 aromatic rings. The molecule has 4 aliphatic rings. The van der Waals surface area contributed by atoms with Crippen molar-refractivity contribution in [1.82, 2.24) is 0 Å². The summed E-state index contributed by atoms with van der Waals surface area (Å²) in [6, 6.07) is 0. The molecule has 3 fully saturated rings. The van der Waals surface area contributed by atoms with E-state index in [4.69, 9.17) is 0 Å². The minimum absolute atomic E-state index is 0.0999. The molecule has 0 radical (unpaired) electrons. The van der Waals surface area contributed by atoms with Crippen molar-refractivity contribution in [1.29, 1.82) is 0 Å². The van der Waals surface area contributed by atoms with Gasteiger partial charge in [-0.15, -0.1) is 0 Å². The van der Waals surface area contributed by atoms with E-state index < -0.39 is 0 Å². The lowest BCUT2D eigenvalue weighted by molar-refractivity contribution is -0.127. The Hall–Kier alpha value is -0.890. The summed E-state index contributed by atoms with van der Waals surface area (Å²) in [5.74, 6) is 1.49. The van der Waals surface area contributed by atoms with Crippen molar-refractivity contribution in [3.8, 4) is 0 Å². The maximum atomic E-state index is 12.3. The molecule has 3 saturated carbocycles. The number of fused-ring (bicyclic) bond motifs is 5. The second kappa shape index (κ2) is 4.32. The van der Waals surface area contributed by atoms with Gasteiger partial charge in [-0.3, -0.25) is 4.79 Å². The molecule has 21 heavy (non-hydrogen) atoms. The highest BCUT2D eigenvalue weighted by Crippen LogP contribution is 2.62. The maximum absolute atomic E-state index is 12.3. The van der Waals surface area contributed by atoms with E-state index in [9.17, 15) is 9.90 Å². The molecule has 0 heterocycles. The predicted octanol–water partition coefficient (Wildman–Crippen LogP) is 3.80. The van der Waals surface area contributed by atoms with Crippen LogP contribution in [0.3, 0.4) is 0 Å². The van der Waals surface area contributed by atoms with Crippen molar-refractivity contribution in [3.05, 3.63) is 23.3 Å². The van der Waals surface area contributed by atoms with Crippen LogP contribution < -0.4 is 0 Å². The van der Waals surface area contributed by atoms with Crippen molar-refractivity contribution in [2.45, 2.75) is 64.9 Å². The Bertz CT molecular complexity index is 558. The Morgan fingerprint density at radius 2 is 1.81 bits per heavy atom. The Morgan fingerprint density at radius 3 is 2.62 bits per heavy atom. The number of aliphatic hydroxyl groups is 1. The molecule has 0 amide bonds. The second-order valence-corrected chi connectivity index (χ2v) is 8.20. The lowest BCUT2D eigenvalue weighted by Gasteiger charge is -2.53. The van der Waals surface area contributed by atoms with Crippen molar-refractivity contribution in [3.63, 3.8) is 0 Å². The predicted molar refractivity (Wildman–Crippen MR) is 82.7 cm³/mol. The molecule has 1 N–H and O–H groups in total. The van der Waals surface area contributed by atoms with Crippen LogP contribution in [-0.2, 0) is 4.79 Å². The highest BCUT2D eigenvalue weighted by molar-refractivity contribution is 5.88. The van der Waals surface area contributed by atoms with E-state index in [1.165, 1.54) is 11.1 Å². The summed E-state index contributed by atoms with van der Waals surface area (Å²) in [5.41, 5.74) is 3.09. The molecule has 4 aliphatic carbocycles. The molecule has 0 saturated heterocycles. The van der Waals surface area contributed by atoms with Crippen LogP contribution in [0.5, 0.6) is 0 Å². The van der Waals surface area contributed by atoms with Gasteiger partial charge in [0.05, 0.1) is 6.10 Å². The van der Waals surface area contributed by atoms with Gasteiger partial charge < -0.3 is 5.11 Å². The molecule has 0 spiro atoms. The van der Waals surface area contributed by atoms with Gasteiger partial charge >= 0.3 is 0 Å². The average molecular weight is 286 g/mol. The van der Waals surface area contributed by atoms with Crippen LogP contribution in [-0.4, -0.2) is 17.0 Å². The number of hydrogen-bond acceptors (Lipinski definition) is 2. The number of Topliss-reactive ketones (excluding diaryl/α,β-unsaturated/α-hetero) is 1. The zero-order chi connectivity index (χ0) is 14.8. The fraction of sp³-hybridized carbons (Fsp3) is 0.737. The van der Waals surface area contributed by atoms with Gasteiger partial charge in [0.25, 0.3) is 0 Å². The summed E-state index contributed by atoms with van der Waals surface area (Å²) in [6.07, 6.45) is 11.3. The van der Waals surface area contributed by atoms with E-state index in [-0.39, 0.29) is 16.9 Å². The minimum Gasteiger partial charge on any atom is -0.393 e. The quantitative estimate of drug-likeness (QED) is 0.735. The molecule has 2 heteroatoms. The molecular formula is C19H26O2. The molecule has 0 aliphatic heterocycles. The smallest absolute Gasteiger partial charge is 0.139 e. The summed E-state index contributed by atoms with van der Waals surface area (Å²) in [6.45, 7) is 4.56. The number of carbonyl (C=O) groups is 1. The third kappa shape index (κ3) is 1.72. The summed E-state index contributed by atoms with van der Waals surface area (Å²) in [5, 5.41) is 10.2. The summed E-state index contributed by atoms with van der Waals surface area (Å²) < 4.78 is 0. The van der Waals surface area contributed by atoms with Crippen LogP contribution in [0.1, 0.15) is 58.8 Å². The van der Waals surface area contributed by atoms with Crippen molar-refractivity contribution < 1.29 is 9.90 Å². The monoisotopic (exact) mass is 286 g/mol. The summed E-state index contributed by atoms with van der Waals surface area (Å²) in [7, 11) is 0. The first-order valence-corrected chi connectivity index (χ1v) is 8.57. The van der Waals surface area contributed by atoms with Crippen molar-refractivity contribution >= 4 is 5.78 Å². The van der Waals surface area contributed by atoms with Crippen LogP contribution >= 0.6 is 0 Å². The fourth-order valence-corrected chi connectivity index (χ4v) is 5.86. The number of carbonyl (C=O) groups excluding carboxylic acids is 1. The van der Waals surface area contributed by atoms with E-state index in [2.05, 4.69) is 26.0 Å². The normalized spacial score (nSPS) is 48.9. The molecule has 0 aromatic carbocycles. The van der Waals surface area contributed by atoms with Crippen molar-refractivity contribution in [2.24, 2.45) is 22.7 Å². The third-order valence-corrected chi connectivity index (χ3v) is 7.21. The molecular weight excluding hydrogens is 260 g/mol. The Balaban J connectivity index is 1.76. The highest BCUT2D eigenvalue weighted by Gasteiger charge is 2.56. The summed E-state index contributed by atoms with van der Waals surface area (Å²) in [4.78, 5) is 12.3. The first-order chi connectivity index (χ1) is 9.95. The number of aliphatic hydroxyl groups excluding tert-OH is 1. The van der Waals surface area contributed by atoms with E-state index in [0.29, 0.717) is 17.6 Å². The number of rotatable bonds is 0. The molecule has 0 bridgehead atoms. The zero-order valence-corrected chi connectivity index (χ0v) is 13.2. The van der Waals surface area contributed by atoms with E-state index >= 15 is 0 Å². The molecule has 1 unspecified atom stereocenters. The SMILES string of the molecule is C[C@]12CC(O)CCC1=CC=C1[C@@H]2CC[C@]2(C)C(=O)CC[C@@H]12. The molecule has 2 nitrogen and oxygen atoms in total. The van der Waals surface area contributed by atoms with Gasteiger partial charge in [0.15, 0.2) is 0 Å². The standard InChI is InChI=1S/C19H26O2/c1-18-10-9-16-14(15(18)7-8-17(18)21)6-4-12-3-5-13(20)11-19(12,16)2/h4,6,13,15-16,20H,3,5,7-11H2,1-2H3/t13?,15-,16-,18-,19-/m0/s1. The van der Waals surface area contributed by atoms with Gasteiger partial charge in [-0.2, -0.15) is 0 Å². The first kappa shape index (κ1) is 13.8. The van der Waals surface area contributed by atoms with Gasteiger partial charge in [0, 0.05) is 11.8 Å². The molecule has 5 atom stereocenters. The lowest BCUT2D eigenvalue weighted by Crippen LogP contribution is -2.46. The Labute approximate surface area is 127 Å². The third-order valence-electron chi connectivity index (χ3n) is 7.21. The Kier molecular flexibility index (Phi) is 2.83. The second-order valence-electron chi connectivity index (χ2n) is 8.20. The van der Waals surface area contributed by atoms with Gasteiger partial charge in [0.2, 0.25) is 0 Å². The fourth-order valence-electron chi connectivity index (χ4n) is 5.86. The minimum atomic E-state index is -0.148. The topological polar surface area (TPSA) is 37.3 Å². The number of allylic oxidation sites excluding steroid dienone is 4. The summed E-state index contributed by atoms with van der Waals surface area (Å²) >= 11 is 0. The molecule has 4 rings (SSSR count). The van der Waals surface area contributed by atoms with Gasteiger partial charge in [-0.1, -0.05) is 37.1 Å². The van der Waals surface area contributed by atoms with Crippen LogP contribution in [0.4, 0.5) is 0 Å². The maximum Gasteiger partial charge on any atom is 0.139 e. The largest absolute Gasteiger partial charge is 0.393 e. The van der Waals surface area contributed by atoms with Gasteiger partial charge in [-0.05, 0) is 55.8 Å². The molecule has 0 aromatic heterocycles. The average Bonchev–Trinajstić information content (AvgIpc) is 2.74. The van der Waals surface area contributed by atoms with E-state index in [1.807, 2.05) is 0 Å². The van der Waals surface area contributed by atoms with E-state index in [1.54, 1.807) is 0 Å². The zero-order valence-electron chi connectivity index (χ0n) is 13.2. The van der Waals surface area contributed by atoms with Gasteiger partial charge in [0.1, 0.15) is 5.78 Å². The van der Waals surface area contributed by atoms with Crippen LogP contribution in [0.15, 0.2) is 23.3 Å². The first-order valence-electron chi connectivity index (χ1n) is 8.57. The van der Waals surface area contributed by atoms with Crippen LogP contribution in [0, 0.1) is 22.7 Å². The molecule has 114 valence electrons.